The van der Waals surface area contributed by atoms with Crippen molar-refractivity contribution in [3.05, 3.63) is 29.8 Å². The van der Waals surface area contributed by atoms with E-state index in [0.717, 1.165) is 12.0 Å². The van der Waals surface area contributed by atoms with Crippen LogP contribution in [0.1, 0.15) is 76.3 Å². The van der Waals surface area contributed by atoms with Crippen LogP contribution in [0.4, 0.5) is 4.39 Å². The molecule has 0 aromatic carbocycles. The lowest BCUT2D eigenvalue weighted by Crippen LogP contribution is -2.16. The van der Waals surface area contributed by atoms with Crippen molar-refractivity contribution in [2.45, 2.75) is 70.8 Å². The number of halogens is 1. The summed E-state index contributed by atoms with van der Waals surface area (Å²) >= 11 is 0. The van der Waals surface area contributed by atoms with Crippen molar-refractivity contribution < 1.29 is 4.39 Å². The zero-order valence-electron chi connectivity index (χ0n) is 13.0. The molecule has 0 spiro atoms. The number of hydrogen-bond acceptors (Lipinski definition) is 2. The summed E-state index contributed by atoms with van der Waals surface area (Å²) in [5, 5.41) is 3.26. The number of pyridine rings is 1. The summed E-state index contributed by atoms with van der Waals surface area (Å²) in [5.74, 6) is -0.251. The molecule has 1 N–H and O–H groups in total. The van der Waals surface area contributed by atoms with Crippen LogP contribution in [-0.4, -0.2) is 12.0 Å². The van der Waals surface area contributed by atoms with E-state index in [1.165, 1.54) is 57.6 Å². The molecule has 20 heavy (non-hydrogen) atoms. The van der Waals surface area contributed by atoms with E-state index in [4.69, 9.17) is 0 Å². The quantitative estimate of drug-likeness (QED) is 0.576. The lowest BCUT2D eigenvalue weighted by molar-refractivity contribution is 0.490. The first kappa shape index (κ1) is 17.1. The molecule has 0 bridgehead atoms. The maximum absolute atomic E-state index is 13.2. The zero-order chi connectivity index (χ0) is 14.6. The van der Waals surface area contributed by atoms with Crippen LogP contribution in [0.2, 0.25) is 0 Å². The Bertz CT molecular complexity index is 355. The molecule has 1 unspecified atom stereocenters. The fourth-order valence-electron chi connectivity index (χ4n) is 2.58. The molecule has 0 aliphatic rings. The van der Waals surface area contributed by atoms with Gasteiger partial charge >= 0.3 is 0 Å². The summed E-state index contributed by atoms with van der Waals surface area (Å²) in [7, 11) is 1.93. The normalized spacial score (nSPS) is 12.6. The SMILES string of the molecule is CCCCCCCCCCC(NC)c1cncc(F)c1. The van der Waals surface area contributed by atoms with Gasteiger partial charge in [-0.3, -0.25) is 4.98 Å². The van der Waals surface area contributed by atoms with Crippen LogP contribution in [0.25, 0.3) is 0 Å². The van der Waals surface area contributed by atoms with Crippen LogP contribution in [0.15, 0.2) is 18.5 Å². The van der Waals surface area contributed by atoms with Crippen molar-refractivity contribution in [3.63, 3.8) is 0 Å². The molecule has 0 saturated carbocycles. The molecule has 0 aliphatic heterocycles. The van der Waals surface area contributed by atoms with E-state index >= 15 is 0 Å². The Morgan fingerprint density at radius 2 is 1.70 bits per heavy atom. The Kier molecular flexibility index (Phi) is 9.22. The average molecular weight is 280 g/mol. The van der Waals surface area contributed by atoms with E-state index in [-0.39, 0.29) is 11.9 Å². The second kappa shape index (κ2) is 10.8. The molecule has 114 valence electrons. The minimum atomic E-state index is -0.251. The Morgan fingerprint density at radius 3 is 2.30 bits per heavy atom. The van der Waals surface area contributed by atoms with Crippen LogP contribution in [0.5, 0.6) is 0 Å². The fraction of sp³-hybridized carbons (Fsp3) is 0.706. The van der Waals surface area contributed by atoms with Gasteiger partial charge in [-0.15, -0.1) is 0 Å². The monoisotopic (exact) mass is 280 g/mol. The molecule has 0 amide bonds. The number of unbranched alkanes of at least 4 members (excludes halogenated alkanes) is 7. The second-order valence-corrected chi connectivity index (χ2v) is 5.54. The largest absolute Gasteiger partial charge is 0.313 e. The molecule has 1 atom stereocenters. The predicted molar refractivity (Wildman–Crippen MR) is 83.2 cm³/mol. The van der Waals surface area contributed by atoms with Gasteiger partial charge in [0.25, 0.3) is 0 Å². The van der Waals surface area contributed by atoms with Crippen molar-refractivity contribution in [2.24, 2.45) is 0 Å². The first-order chi connectivity index (χ1) is 9.77. The second-order valence-electron chi connectivity index (χ2n) is 5.54. The molecule has 1 aromatic rings. The summed E-state index contributed by atoms with van der Waals surface area (Å²) < 4.78 is 13.2. The van der Waals surface area contributed by atoms with Gasteiger partial charge in [-0.1, -0.05) is 58.3 Å². The molecule has 0 aliphatic carbocycles. The van der Waals surface area contributed by atoms with Crippen LogP contribution < -0.4 is 5.32 Å². The highest BCUT2D eigenvalue weighted by atomic mass is 19.1. The minimum absolute atomic E-state index is 0.221. The molecule has 3 heteroatoms. The van der Waals surface area contributed by atoms with Gasteiger partial charge in [0.15, 0.2) is 0 Å². The number of hydrogen-bond donors (Lipinski definition) is 1. The standard InChI is InChI=1S/C17H29FN2/c1-3-4-5-6-7-8-9-10-11-17(19-2)15-12-16(18)14-20-13-15/h12-14,17,19H,3-11H2,1-2H3. The van der Waals surface area contributed by atoms with E-state index in [0.29, 0.717) is 0 Å². The molecule has 1 aromatic heterocycles. The van der Waals surface area contributed by atoms with Crippen molar-refractivity contribution in [2.75, 3.05) is 7.05 Å². The van der Waals surface area contributed by atoms with Gasteiger partial charge in [0.1, 0.15) is 5.82 Å². The molecule has 0 saturated heterocycles. The fourth-order valence-corrected chi connectivity index (χ4v) is 2.58. The maximum atomic E-state index is 13.2. The molecule has 1 heterocycles. The third kappa shape index (κ3) is 6.99. The smallest absolute Gasteiger partial charge is 0.141 e. The van der Waals surface area contributed by atoms with E-state index in [9.17, 15) is 4.39 Å². The molecule has 0 radical (unpaired) electrons. The van der Waals surface area contributed by atoms with Gasteiger partial charge < -0.3 is 5.32 Å². The third-order valence-corrected chi connectivity index (χ3v) is 3.82. The van der Waals surface area contributed by atoms with E-state index in [1.807, 2.05) is 7.05 Å². The van der Waals surface area contributed by atoms with E-state index < -0.39 is 0 Å². The Balaban J connectivity index is 2.16. The number of nitrogens with one attached hydrogen (secondary N) is 1. The van der Waals surface area contributed by atoms with Crippen LogP contribution >= 0.6 is 0 Å². The van der Waals surface area contributed by atoms with Crippen molar-refractivity contribution >= 4 is 0 Å². The lowest BCUT2D eigenvalue weighted by atomic mass is 10.0. The molecule has 1 rings (SSSR count). The highest BCUT2D eigenvalue weighted by molar-refractivity contribution is 5.14. The Hall–Kier alpha value is -0.960. The summed E-state index contributed by atoms with van der Waals surface area (Å²) in [5.41, 5.74) is 0.954. The molecule has 0 fully saturated rings. The highest BCUT2D eigenvalue weighted by Crippen LogP contribution is 2.20. The number of aromatic nitrogens is 1. The highest BCUT2D eigenvalue weighted by Gasteiger charge is 2.09. The predicted octanol–water partition coefficient (Wildman–Crippen LogP) is 5.01. The van der Waals surface area contributed by atoms with Gasteiger partial charge in [0.05, 0.1) is 6.20 Å². The Labute approximate surface area is 123 Å². The van der Waals surface area contributed by atoms with Crippen LogP contribution in [-0.2, 0) is 0 Å². The minimum Gasteiger partial charge on any atom is -0.313 e. The molecular weight excluding hydrogens is 251 g/mol. The number of nitrogens with zero attached hydrogens (tertiary/aromatic N) is 1. The van der Waals surface area contributed by atoms with Crippen LogP contribution in [0.3, 0.4) is 0 Å². The van der Waals surface area contributed by atoms with E-state index in [1.54, 1.807) is 12.3 Å². The van der Waals surface area contributed by atoms with Gasteiger partial charge in [0, 0.05) is 12.2 Å². The van der Waals surface area contributed by atoms with Gasteiger partial charge in [-0.2, -0.15) is 0 Å². The third-order valence-electron chi connectivity index (χ3n) is 3.82. The molecule has 2 nitrogen and oxygen atoms in total. The average Bonchev–Trinajstić information content (AvgIpc) is 2.46. The summed E-state index contributed by atoms with van der Waals surface area (Å²) in [6, 6.07) is 1.80. The maximum Gasteiger partial charge on any atom is 0.141 e. The number of rotatable bonds is 11. The first-order valence-electron chi connectivity index (χ1n) is 8.05. The van der Waals surface area contributed by atoms with Gasteiger partial charge in [-0.25, -0.2) is 4.39 Å². The summed E-state index contributed by atoms with van der Waals surface area (Å²) in [6.07, 6.45) is 14.6. The Morgan fingerprint density at radius 1 is 1.05 bits per heavy atom. The van der Waals surface area contributed by atoms with Crippen molar-refractivity contribution in [3.8, 4) is 0 Å². The van der Waals surface area contributed by atoms with Gasteiger partial charge in [0.2, 0.25) is 0 Å². The summed E-state index contributed by atoms with van der Waals surface area (Å²) in [4.78, 5) is 3.92. The van der Waals surface area contributed by atoms with Crippen molar-refractivity contribution in [1.82, 2.24) is 10.3 Å². The van der Waals surface area contributed by atoms with Crippen molar-refractivity contribution in [1.29, 1.82) is 0 Å². The van der Waals surface area contributed by atoms with Crippen LogP contribution in [0, 0.1) is 5.82 Å². The van der Waals surface area contributed by atoms with E-state index in [2.05, 4.69) is 17.2 Å². The zero-order valence-corrected chi connectivity index (χ0v) is 13.0. The molecular formula is C17H29FN2. The topological polar surface area (TPSA) is 24.9 Å². The first-order valence-corrected chi connectivity index (χ1v) is 8.05. The summed E-state index contributed by atoms with van der Waals surface area (Å²) in [6.45, 7) is 2.25. The lowest BCUT2D eigenvalue weighted by Gasteiger charge is -2.16. The van der Waals surface area contributed by atoms with Gasteiger partial charge in [-0.05, 0) is 25.1 Å².